The first-order chi connectivity index (χ1) is 9.02. The van der Waals surface area contributed by atoms with E-state index in [9.17, 15) is 21.6 Å². The predicted octanol–water partition coefficient (Wildman–Crippen LogP) is 0.387. The number of sulfonamides is 1. The van der Waals surface area contributed by atoms with Crippen LogP contribution in [0.2, 0.25) is 5.02 Å². The zero-order valence-electron chi connectivity index (χ0n) is 10.3. The maximum absolute atomic E-state index is 11.6. The standard InChI is InChI=1S/C10H12ClNO6S2/c1-19(15,16)6-20(17,18)12-9(10(13)14)7-4-2-3-5-8(7)11/h2-5,9,12H,6H2,1H3,(H,13,14)/t9-/m1/s1. The molecule has 0 bridgehead atoms. The van der Waals surface area contributed by atoms with Crippen LogP contribution in [0, 0.1) is 0 Å². The molecule has 0 spiro atoms. The highest BCUT2D eigenvalue weighted by molar-refractivity contribution is 8.06. The summed E-state index contributed by atoms with van der Waals surface area (Å²) >= 11 is 5.81. The average Bonchev–Trinajstić information content (AvgIpc) is 2.23. The SMILES string of the molecule is CS(=O)(=O)CS(=O)(=O)N[C@@H](C(=O)O)c1ccccc1Cl. The van der Waals surface area contributed by atoms with Crippen molar-refractivity contribution < 1.29 is 26.7 Å². The zero-order valence-corrected chi connectivity index (χ0v) is 12.7. The molecule has 112 valence electrons. The van der Waals surface area contributed by atoms with Crippen LogP contribution in [-0.2, 0) is 24.7 Å². The minimum atomic E-state index is -4.33. The summed E-state index contributed by atoms with van der Waals surface area (Å²) in [5.74, 6) is -1.49. The van der Waals surface area contributed by atoms with Crippen molar-refractivity contribution in [2.24, 2.45) is 0 Å². The molecule has 0 heterocycles. The van der Waals surface area contributed by atoms with E-state index in [1.54, 1.807) is 6.07 Å². The molecule has 0 radical (unpaired) electrons. The second-order valence-electron chi connectivity index (χ2n) is 4.07. The molecule has 2 N–H and O–H groups in total. The molecule has 0 saturated carbocycles. The summed E-state index contributed by atoms with van der Waals surface area (Å²) in [5.41, 5.74) is 0.0266. The van der Waals surface area contributed by atoms with E-state index in [2.05, 4.69) is 0 Å². The molecule has 7 nitrogen and oxygen atoms in total. The fraction of sp³-hybridized carbons (Fsp3) is 0.300. The van der Waals surface area contributed by atoms with Crippen molar-refractivity contribution in [1.29, 1.82) is 0 Å². The van der Waals surface area contributed by atoms with Crippen molar-refractivity contribution in [3.63, 3.8) is 0 Å². The monoisotopic (exact) mass is 341 g/mol. The molecule has 0 saturated heterocycles. The lowest BCUT2D eigenvalue weighted by Crippen LogP contribution is -2.37. The summed E-state index contributed by atoms with van der Waals surface area (Å²) in [4.78, 5) is 11.2. The van der Waals surface area contributed by atoms with E-state index >= 15 is 0 Å². The van der Waals surface area contributed by atoms with Crippen molar-refractivity contribution >= 4 is 37.4 Å². The van der Waals surface area contributed by atoms with Gasteiger partial charge in [-0.05, 0) is 11.6 Å². The van der Waals surface area contributed by atoms with E-state index in [4.69, 9.17) is 16.7 Å². The Hall–Kier alpha value is -1.16. The second kappa shape index (κ2) is 6.08. The summed E-state index contributed by atoms with van der Waals surface area (Å²) < 4.78 is 47.1. The van der Waals surface area contributed by atoms with Gasteiger partial charge in [-0.1, -0.05) is 29.8 Å². The lowest BCUT2D eigenvalue weighted by atomic mass is 10.1. The molecular weight excluding hydrogens is 330 g/mol. The van der Waals surface area contributed by atoms with Crippen molar-refractivity contribution in [2.45, 2.75) is 6.04 Å². The van der Waals surface area contributed by atoms with Crippen LogP contribution >= 0.6 is 11.6 Å². The Balaban J connectivity index is 3.13. The number of carboxylic acid groups (broad SMARTS) is 1. The Labute approximate surface area is 121 Å². The van der Waals surface area contributed by atoms with Crippen molar-refractivity contribution in [1.82, 2.24) is 4.72 Å². The first-order valence-electron chi connectivity index (χ1n) is 5.17. The molecular formula is C10H12ClNO6S2. The third-order valence-electron chi connectivity index (χ3n) is 2.13. The average molecular weight is 342 g/mol. The Morgan fingerprint density at radius 3 is 2.30 bits per heavy atom. The molecule has 1 rings (SSSR count). The number of sulfone groups is 1. The minimum absolute atomic E-state index is 0.0266. The molecule has 1 atom stereocenters. The Morgan fingerprint density at radius 1 is 1.30 bits per heavy atom. The number of benzene rings is 1. The van der Waals surface area contributed by atoms with Crippen LogP contribution < -0.4 is 4.72 Å². The molecule has 0 aliphatic carbocycles. The third kappa shape index (κ3) is 5.08. The van der Waals surface area contributed by atoms with E-state index in [0.717, 1.165) is 6.26 Å². The number of hydrogen-bond acceptors (Lipinski definition) is 5. The first kappa shape index (κ1) is 16.9. The molecule has 20 heavy (non-hydrogen) atoms. The molecule has 1 aromatic carbocycles. The summed E-state index contributed by atoms with van der Waals surface area (Å²) in [7, 11) is -8.15. The van der Waals surface area contributed by atoms with Crippen LogP contribution in [0.15, 0.2) is 24.3 Å². The lowest BCUT2D eigenvalue weighted by molar-refractivity contribution is -0.139. The van der Waals surface area contributed by atoms with Crippen molar-refractivity contribution in [3.05, 3.63) is 34.9 Å². The van der Waals surface area contributed by atoms with Crippen LogP contribution in [0.3, 0.4) is 0 Å². The number of rotatable bonds is 6. The fourth-order valence-corrected chi connectivity index (χ4v) is 4.81. The number of nitrogens with one attached hydrogen (secondary N) is 1. The highest BCUT2D eigenvalue weighted by atomic mass is 35.5. The maximum atomic E-state index is 11.6. The Bertz CT molecular complexity index is 713. The van der Waals surface area contributed by atoms with Gasteiger partial charge in [0, 0.05) is 11.3 Å². The van der Waals surface area contributed by atoms with Gasteiger partial charge < -0.3 is 5.11 Å². The molecule has 1 aromatic rings. The van der Waals surface area contributed by atoms with E-state index < -0.39 is 37.0 Å². The lowest BCUT2D eigenvalue weighted by Gasteiger charge is -2.15. The Kier molecular flexibility index (Phi) is 5.14. The predicted molar refractivity (Wildman–Crippen MR) is 73.6 cm³/mol. The number of hydrogen-bond donors (Lipinski definition) is 2. The topological polar surface area (TPSA) is 118 Å². The molecule has 0 fully saturated rings. The van der Waals surface area contributed by atoms with Crippen LogP contribution in [0.1, 0.15) is 11.6 Å². The van der Waals surface area contributed by atoms with Crippen molar-refractivity contribution in [3.8, 4) is 0 Å². The second-order valence-corrected chi connectivity index (χ2v) is 8.74. The smallest absolute Gasteiger partial charge is 0.326 e. The van der Waals surface area contributed by atoms with E-state index in [0.29, 0.717) is 0 Å². The number of carbonyl (C=O) groups is 1. The van der Waals surface area contributed by atoms with Crippen LogP contribution in [0.4, 0.5) is 0 Å². The Morgan fingerprint density at radius 2 is 1.85 bits per heavy atom. The van der Waals surface area contributed by atoms with Crippen LogP contribution in [0.5, 0.6) is 0 Å². The first-order valence-corrected chi connectivity index (χ1v) is 9.26. The summed E-state index contributed by atoms with van der Waals surface area (Å²) in [5, 5.41) is 7.93. The van der Waals surface area contributed by atoms with Gasteiger partial charge in [0.25, 0.3) is 0 Å². The van der Waals surface area contributed by atoms with Gasteiger partial charge in [-0.15, -0.1) is 0 Å². The van der Waals surface area contributed by atoms with E-state index in [1.165, 1.54) is 18.2 Å². The summed E-state index contributed by atoms with van der Waals surface area (Å²) in [6.07, 6.45) is 0.734. The van der Waals surface area contributed by atoms with Crippen molar-refractivity contribution in [2.75, 3.05) is 11.3 Å². The van der Waals surface area contributed by atoms with Crippen LogP contribution in [0.25, 0.3) is 0 Å². The molecule has 0 amide bonds. The van der Waals surface area contributed by atoms with E-state index in [-0.39, 0.29) is 10.6 Å². The minimum Gasteiger partial charge on any atom is -0.480 e. The molecule has 0 aliphatic rings. The number of halogens is 1. The summed E-state index contributed by atoms with van der Waals surface area (Å²) in [6, 6.07) is 4.12. The molecule has 0 unspecified atom stereocenters. The highest BCUT2D eigenvalue weighted by Gasteiger charge is 2.29. The third-order valence-corrected chi connectivity index (χ3v) is 6.02. The quantitative estimate of drug-likeness (QED) is 0.772. The number of carboxylic acids is 1. The van der Waals surface area contributed by atoms with Gasteiger partial charge in [0.15, 0.2) is 14.9 Å². The molecule has 10 heteroatoms. The number of aliphatic carboxylic acids is 1. The fourth-order valence-electron chi connectivity index (χ4n) is 1.45. The molecule has 0 aromatic heterocycles. The zero-order chi connectivity index (χ0) is 15.6. The van der Waals surface area contributed by atoms with Crippen LogP contribution in [-0.4, -0.2) is 39.3 Å². The maximum Gasteiger partial charge on any atom is 0.326 e. The van der Waals surface area contributed by atoms with Gasteiger partial charge in [-0.3, -0.25) is 4.79 Å². The normalized spacial score (nSPS) is 13.9. The van der Waals surface area contributed by atoms with Gasteiger partial charge in [-0.25, -0.2) is 16.8 Å². The largest absolute Gasteiger partial charge is 0.480 e. The van der Waals surface area contributed by atoms with Gasteiger partial charge in [-0.2, -0.15) is 4.72 Å². The van der Waals surface area contributed by atoms with Gasteiger partial charge in [0.05, 0.1) is 0 Å². The van der Waals surface area contributed by atoms with Gasteiger partial charge >= 0.3 is 5.97 Å². The summed E-state index contributed by atoms with van der Waals surface area (Å²) in [6.45, 7) is 0. The van der Waals surface area contributed by atoms with E-state index in [1.807, 2.05) is 4.72 Å². The molecule has 0 aliphatic heterocycles. The highest BCUT2D eigenvalue weighted by Crippen LogP contribution is 2.23. The van der Waals surface area contributed by atoms with Gasteiger partial charge in [0.2, 0.25) is 10.0 Å². The van der Waals surface area contributed by atoms with Gasteiger partial charge in [0.1, 0.15) is 6.04 Å².